The molecule has 2 atom stereocenters. The van der Waals surface area contributed by atoms with E-state index < -0.39 is 0 Å². The van der Waals surface area contributed by atoms with Gasteiger partial charge >= 0.3 is 0 Å². The van der Waals surface area contributed by atoms with Gasteiger partial charge in [-0.2, -0.15) is 0 Å². The van der Waals surface area contributed by atoms with Crippen LogP contribution >= 0.6 is 58.5 Å². The topological polar surface area (TPSA) is 67.2 Å². The van der Waals surface area contributed by atoms with E-state index in [2.05, 4.69) is 15.2 Å². The number of nitrogens with one attached hydrogen (secondary N) is 1. The Hall–Kier alpha value is -1.91. The Morgan fingerprint density at radius 3 is 2.91 bits per heavy atom. The summed E-state index contributed by atoms with van der Waals surface area (Å²) < 4.78 is 2.61. The molecular formula is C23H20Cl2N4O2S3. The average molecular weight is 552 g/mol. The number of piperidine rings is 1. The second-order valence-electron chi connectivity index (χ2n) is 8.37. The number of anilines is 1. The van der Waals surface area contributed by atoms with Crippen molar-refractivity contribution in [2.24, 2.45) is 5.92 Å². The largest absolute Gasteiger partial charge is 0.356 e. The number of carbonyl (C=O) groups excluding carboxylic acids is 1. The third-order valence-corrected chi connectivity index (χ3v) is 8.85. The molecule has 0 saturated carbocycles. The summed E-state index contributed by atoms with van der Waals surface area (Å²) in [5.74, 6) is 0.705. The first-order chi connectivity index (χ1) is 16.4. The number of pyridine rings is 1. The highest BCUT2D eigenvalue weighted by Gasteiger charge is 2.35. The van der Waals surface area contributed by atoms with Crippen molar-refractivity contribution in [1.82, 2.24) is 14.5 Å². The molecule has 2 aromatic heterocycles. The molecule has 11 heteroatoms. The number of amides is 1. The van der Waals surface area contributed by atoms with Gasteiger partial charge in [0.05, 0.1) is 16.5 Å². The number of likely N-dealkylation sites (tertiary alicyclic amines) is 1. The summed E-state index contributed by atoms with van der Waals surface area (Å²) in [6, 6.07) is 10.7. The maximum absolute atomic E-state index is 12.5. The zero-order valence-electron chi connectivity index (χ0n) is 17.9. The number of aromatic nitrogens is 2. The summed E-state index contributed by atoms with van der Waals surface area (Å²) in [4.78, 5) is 31.4. The summed E-state index contributed by atoms with van der Waals surface area (Å²) in [6.07, 6.45) is 1.07. The van der Waals surface area contributed by atoms with E-state index in [1.54, 1.807) is 18.2 Å². The maximum atomic E-state index is 12.5. The fourth-order valence-corrected chi connectivity index (χ4v) is 6.79. The number of thiazole rings is 1. The fraction of sp³-hybridized carbons (Fsp3) is 0.304. The number of fused-ring (bicyclic) bond motifs is 4. The fourth-order valence-electron chi connectivity index (χ4n) is 4.57. The van der Waals surface area contributed by atoms with Crippen LogP contribution in [-0.2, 0) is 11.3 Å². The number of halogens is 2. The zero-order valence-corrected chi connectivity index (χ0v) is 21.8. The van der Waals surface area contributed by atoms with Crippen LogP contribution in [0.4, 0.5) is 5.13 Å². The average Bonchev–Trinajstić information content (AvgIpc) is 3.26. The van der Waals surface area contributed by atoms with Gasteiger partial charge in [0.15, 0.2) is 5.13 Å². The maximum Gasteiger partial charge on any atom is 0.250 e. The molecule has 0 spiro atoms. The van der Waals surface area contributed by atoms with E-state index in [-0.39, 0.29) is 23.1 Å². The lowest BCUT2D eigenvalue weighted by Gasteiger charge is -2.43. The third-order valence-electron chi connectivity index (χ3n) is 6.02. The van der Waals surface area contributed by atoms with Gasteiger partial charge in [-0.25, -0.2) is 4.98 Å². The van der Waals surface area contributed by atoms with Gasteiger partial charge < -0.3 is 14.8 Å². The molecule has 1 saturated heterocycles. The number of thioether (sulfide) groups is 1. The molecule has 1 N–H and O–H groups in total. The minimum atomic E-state index is -0.162. The number of nitrogens with zero attached hydrogens (tertiary/aromatic N) is 3. The summed E-state index contributed by atoms with van der Waals surface area (Å²) >= 11 is 20.6. The van der Waals surface area contributed by atoms with Crippen LogP contribution in [0.25, 0.3) is 11.3 Å². The predicted molar refractivity (Wildman–Crippen MR) is 144 cm³/mol. The van der Waals surface area contributed by atoms with E-state index in [1.165, 1.54) is 23.1 Å². The summed E-state index contributed by atoms with van der Waals surface area (Å²) in [5.41, 5.74) is 2.60. The molecule has 2 aliphatic heterocycles. The monoisotopic (exact) mass is 550 g/mol. The number of carbonyl (C=O) groups is 1. The van der Waals surface area contributed by atoms with Gasteiger partial charge in [0.2, 0.25) is 5.91 Å². The standard InChI is InChI=1S/C23H20Cl2N4O2S3/c24-15-4-5-16(17(25)7-15)18-11-33-22(26-18)27-20(30)12-34-23(32)28-8-13-6-14(10-28)19-2-1-3-21(31)29(19)9-13/h1-5,7,11,13-14H,6,8-10,12H2,(H,26,27,30)/t13-,14+/m0/s1. The molecule has 0 unspecified atom stereocenters. The normalized spacial score (nSPS) is 18.9. The van der Waals surface area contributed by atoms with E-state index >= 15 is 0 Å². The number of rotatable bonds is 4. The van der Waals surface area contributed by atoms with Gasteiger partial charge in [-0.05, 0) is 36.6 Å². The third kappa shape index (κ3) is 5.04. The van der Waals surface area contributed by atoms with Gasteiger partial charge in [0.25, 0.3) is 5.56 Å². The number of benzene rings is 1. The summed E-state index contributed by atoms with van der Waals surface area (Å²) in [6.45, 7) is 2.30. The van der Waals surface area contributed by atoms with Crippen molar-refractivity contribution in [2.75, 3.05) is 24.2 Å². The van der Waals surface area contributed by atoms with E-state index in [0.717, 1.165) is 37.3 Å². The van der Waals surface area contributed by atoms with Crippen LogP contribution in [0, 0.1) is 5.92 Å². The molecule has 1 aromatic carbocycles. The van der Waals surface area contributed by atoms with E-state index in [1.807, 2.05) is 28.1 Å². The second kappa shape index (κ2) is 9.99. The number of hydrogen-bond donors (Lipinski definition) is 1. The van der Waals surface area contributed by atoms with Crippen molar-refractivity contribution >= 4 is 73.9 Å². The van der Waals surface area contributed by atoms with Crippen molar-refractivity contribution in [2.45, 2.75) is 18.9 Å². The Kier molecular flexibility index (Phi) is 7.00. The van der Waals surface area contributed by atoms with Crippen LogP contribution in [0.5, 0.6) is 0 Å². The molecule has 0 radical (unpaired) electrons. The first kappa shape index (κ1) is 23.8. The van der Waals surface area contributed by atoms with Crippen molar-refractivity contribution in [1.29, 1.82) is 0 Å². The van der Waals surface area contributed by atoms with Gasteiger partial charge in [0.1, 0.15) is 4.32 Å². The van der Waals surface area contributed by atoms with Crippen LogP contribution in [-0.4, -0.2) is 43.5 Å². The summed E-state index contributed by atoms with van der Waals surface area (Å²) in [7, 11) is 0. The molecule has 34 heavy (non-hydrogen) atoms. The minimum absolute atomic E-state index is 0.0675. The minimum Gasteiger partial charge on any atom is -0.356 e. The molecule has 3 aromatic rings. The molecule has 4 heterocycles. The van der Waals surface area contributed by atoms with Crippen LogP contribution in [0.2, 0.25) is 10.0 Å². The Balaban J connectivity index is 1.16. The molecule has 176 valence electrons. The first-order valence-electron chi connectivity index (χ1n) is 10.7. The zero-order chi connectivity index (χ0) is 23.8. The Bertz CT molecular complexity index is 1330. The first-order valence-corrected chi connectivity index (χ1v) is 13.7. The lowest BCUT2D eigenvalue weighted by Crippen LogP contribution is -2.48. The smallest absolute Gasteiger partial charge is 0.250 e. The quantitative estimate of drug-likeness (QED) is 0.441. The Labute approximate surface area is 220 Å². The van der Waals surface area contributed by atoms with Crippen molar-refractivity contribution < 1.29 is 4.79 Å². The van der Waals surface area contributed by atoms with Gasteiger partial charge in [0, 0.05) is 53.3 Å². The van der Waals surface area contributed by atoms with Gasteiger partial charge in [-0.3, -0.25) is 9.59 Å². The van der Waals surface area contributed by atoms with Crippen molar-refractivity contribution in [3.63, 3.8) is 0 Å². The Morgan fingerprint density at radius 1 is 1.24 bits per heavy atom. The highest BCUT2D eigenvalue weighted by Crippen LogP contribution is 2.36. The SMILES string of the molecule is O=C(CSC(=S)N1C[C@@H]2C[C@H](C1)c1cccc(=O)n1C2)Nc1nc(-c2ccc(Cl)cc2Cl)cs1. The van der Waals surface area contributed by atoms with Crippen LogP contribution < -0.4 is 10.9 Å². The molecule has 6 nitrogen and oxygen atoms in total. The van der Waals surface area contributed by atoms with E-state index in [4.69, 9.17) is 35.4 Å². The Morgan fingerprint density at radius 2 is 2.09 bits per heavy atom. The molecule has 1 fully saturated rings. The number of hydrogen-bond acceptors (Lipinski definition) is 6. The van der Waals surface area contributed by atoms with E-state index in [0.29, 0.717) is 31.1 Å². The van der Waals surface area contributed by atoms with Crippen LogP contribution in [0.15, 0.2) is 46.6 Å². The molecule has 5 rings (SSSR count). The van der Waals surface area contributed by atoms with Gasteiger partial charge in [-0.1, -0.05) is 53.2 Å². The number of thiocarbonyl (C=S) groups is 1. The highest BCUT2D eigenvalue weighted by molar-refractivity contribution is 8.23. The van der Waals surface area contributed by atoms with Crippen LogP contribution in [0.1, 0.15) is 18.0 Å². The lowest BCUT2D eigenvalue weighted by atomic mass is 9.83. The second-order valence-corrected chi connectivity index (χ2v) is 11.7. The van der Waals surface area contributed by atoms with Crippen LogP contribution in [0.3, 0.4) is 0 Å². The molecular weight excluding hydrogens is 531 g/mol. The van der Waals surface area contributed by atoms with Crippen molar-refractivity contribution in [3.8, 4) is 11.3 Å². The molecule has 0 aliphatic carbocycles. The molecule has 2 aliphatic rings. The predicted octanol–water partition coefficient (Wildman–Crippen LogP) is 5.35. The van der Waals surface area contributed by atoms with Gasteiger partial charge in [-0.15, -0.1) is 11.3 Å². The lowest BCUT2D eigenvalue weighted by molar-refractivity contribution is -0.113. The van der Waals surface area contributed by atoms with E-state index in [9.17, 15) is 9.59 Å². The molecule has 2 bridgehead atoms. The summed E-state index contributed by atoms with van der Waals surface area (Å²) in [5, 5.41) is 6.26. The van der Waals surface area contributed by atoms with Crippen molar-refractivity contribution in [3.05, 3.63) is 67.9 Å². The highest BCUT2D eigenvalue weighted by atomic mass is 35.5. The molecule has 1 amide bonds.